The second-order valence-corrected chi connectivity index (χ2v) is 7.72. The highest BCUT2D eigenvalue weighted by atomic mass is 19.1. The Bertz CT molecular complexity index is 1070. The van der Waals surface area contributed by atoms with Crippen molar-refractivity contribution in [1.29, 1.82) is 0 Å². The van der Waals surface area contributed by atoms with Crippen LogP contribution in [0.25, 0.3) is 10.9 Å². The summed E-state index contributed by atoms with van der Waals surface area (Å²) in [7, 11) is 0. The molecule has 3 aromatic rings. The van der Waals surface area contributed by atoms with Crippen LogP contribution in [0.1, 0.15) is 63.6 Å². The van der Waals surface area contributed by atoms with Crippen molar-refractivity contribution in [1.82, 2.24) is 9.88 Å². The quantitative estimate of drug-likeness (QED) is 0.715. The van der Waals surface area contributed by atoms with E-state index in [2.05, 4.69) is 4.98 Å². The summed E-state index contributed by atoms with van der Waals surface area (Å²) in [5.41, 5.74) is 2.94. The zero-order valence-electron chi connectivity index (χ0n) is 15.5. The predicted molar refractivity (Wildman–Crippen MR) is 102 cm³/mol. The number of aryl methyl sites for hydroxylation is 1. The summed E-state index contributed by atoms with van der Waals surface area (Å²) < 4.78 is 19.2. The van der Waals surface area contributed by atoms with E-state index >= 15 is 0 Å². The van der Waals surface area contributed by atoms with Gasteiger partial charge in [-0.05, 0) is 48.9 Å². The molecule has 2 aliphatic rings. The van der Waals surface area contributed by atoms with Gasteiger partial charge < -0.3 is 14.3 Å². The molecule has 0 atom stereocenters. The van der Waals surface area contributed by atoms with Crippen molar-refractivity contribution >= 4 is 22.6 Å². The van der Waals surface area contributed by atoms with Crippen LogP contribution in [-0.4, -0.2) is 34.7 Å². The fourth-order valence-corrected chi connectivity index (χ4v) is 4.60. The standard InChI is InChI=1S/C22H21FN2O3/c23-14-4-5-18-15(10-14)16(11-24-18)13-6-8-25(9-7-13)22(27)17-12-28-20-3-1-2-19(26)21(17)20/h4-5,10-13,24H,1-3,6-9H2. The summed E-state index contributed by atoms with van der Waals surface area (Å²) in [6.45, 7) is 1.22. The summed E-state index contributed by atoms with van der Waals surface area (Å²) in [4.78, 5) is 30.3. The molecule has 28 heavy (non-hydrogen) atoms. The number of aromatic nitrogens is 1. The first-order valence-electron chi connectivity index (χ1n) is 9.81. The number of nitrogens with one attached hydrogen (secondary N) is 1. The second-order valence-electron chi connectivity index (χ2n) is 7.72. The Labute approximate surface area is 161 Å². The monoisotopic (exact) mass is 380 g/mol. The van der Waals surface area contributed by atoms with Crippen molar-refractivity contribution in [2.75, 3.05) is 13.1 Å². The number of aromatic amines is 1. The number of carbonyl (C=O) groups is 2. The van der Waals surface area contributed by atoms with Gasteiger partial charge in [-0.1, -0.05) is 0 Å². The molecule has 0 saturated carbocycles. The normalized spacial score (nSPS) is 17.9. The van der Waals surface area contributed by atoms with Crippen LogP contribution in [0.15, 0.2) is 35.1 Å². The number of H-pyrrole nitrogens is 1. The van der Waals surface area contributed by atoms with Crippen molar-refractivity contribution in [3.63, 3.8) is 0 Å². The van der Waals surface area contributed by atoms with Crippen molar-refractivity contribution in [2.24, 2.45) is 0 Å². The third kappa shape index (κ3) is 2.75. The number of nitrogens with zero attached hydrogens (tertiary/aromatic N) is 1. The van der Waals surface area contributed by atoms with E-state index in [0.29, 0.717) is 42.8 Å². The summed E-state index contributed by atoms with van der Waals surface area (Å²) in [5, 5.41) is 0.916. The minimum atomic E-state index is -0.240. The lowest BCUT2D eigenvalue weighted by molar-refractivity contribution is 0.0708. The molecule has 6 heteroatoms. The Morgan fingerprint density at radius 2 is 2.04 bits per heavy atom. The molecule has 1 aromatic carbocycles. The minimum Gasteiger partial charge on any atom is -0.468 e. The van der Waals surface area contributed by atoms with Crippen molar-refractivity contribution in [2.45, 2.75) is 38.0 Å². The van der Waals surface area contributed by atoms with Crippen LogP contribution in [0.4, 0.5) is 4.39 Å². The molecular weight excluding hydrogens is 359 g/mol. The zero-order chi connectivity index (χ0) is 19.3. The molecule has 5 rings (SSSR count). The van der Waals surface area contributed by atoms with E-state index in [9.17, 15) is 14.0 Å². The number of Topliss-reactive ketones (excluding diaryl/α,β-unsaturated/α-hetero) is 1. The lowest BCUT2D eigenvalue weighted by Crippen LogP contribution is -2.38. The first-order valence-corrected chi connectivity index (χ1v) is 9.81. The molecule has 1 aliphatic heterocycles. The van der Waals surface area contributed by atoms with E-state index < -0.39 is 0 Å². The second kappa shape index (κ2) is 6.62. The lowest BCUT2D eigenvalue weighted by Gasteiger charge is -2.32. The third-order valence-electron chi connectivity index (χ3n) is 6.08. The number of hydrogen-bond donors (Lipinski definition) is 1. The van der Waals surface area contributed by atoms with Gasteiger partial charge in [0.25, 0.3) is 5.91 Å². The number of rotatable bonds is 2. The molecule has 1 saturated heterocycles. The fourth-order valence-electron chi connectivity index (χ4n) is 4.60. The average Bonchev–Trinajstić information content (AvgIpc) is 3.32. The van der Waals surface area contributed by atoms with Gasteiger partial charge in [-0.15, -0.1) is 0 Å². The Morgan fingerprint density at radius 3 is 2.86 bits per heavy atom. The molecule has 3 heterocycles. The Hall–Kier alpha value is -2.89. The molecule has 1 aliphatic carbocycles. The van der Waals surface area contributed by atoms with Crippen LogP contribution in [0, 0.1) is 5.82 Å². The van der Waals surface area contributed by atoms with Crippen LogP contribution in [-0.2, 0) is 6.42 Å². The van der Waals surface area contributed by atoms with Gasteiger partial charge in [0.1, 0.15) is 17.8 Å². The van der Waals surface area contributed by atoms with Gasteiger partial charge in [-0.2, -0.15) is 0 Å². The molecule has 144 valence electrons. The molecule has 0 radical (unpaired) electrons. The molecule has 0 unspecified atom stereocenters. The summed E-state index contributed by atoms with van der Waals surface area (Å²) >= 11 is 0. The largest absolute Gasteiger partial charge is 0.468 e. The molecule has 1 amide bonds. The number of likely N-dealkylation sites (tertiary alicyclic amines) is 1. The highest BCUT2D eigenvalue weighted by Crippen LogP contribution is 2.34. The molecule has 0 spiro atoms. The summed E-state index contributed by atoms with van der Waals surface area (Å²) in [6.07, 6.45) is 7.00. The number of amides is 1. The van der Waals surface area contributed by atoms with Gasteiger partial charge in [0.15, 0.2) is 5.78 Å². The van der Waals surface area contributed by atoms with Gasteiger partial charge in [0, 0.05) is 43.0 Å². The number of fused-ring (bicyclic) bond motifs is 2. The van der Waals surface area contributed by atoms with Crippen molar-refractivity contribution in [3.8, 4) is 0 Å². The Morgan fingerprint density at radius 1 is 1.21 bits per heavy atom. The number of ketones is 1. The van der Waals surface area contributed by atoms with Crippen LogP contribution >= 0.6 is 0 Å². The van der Waals surface area contributed by atoms with E-state index in [1.54, 1.807) is 17.0 Å². The number of benzene rings is 1. The summed E-state index contributed by atoms with van der Waals surface area (Å²) in [5.74, 6) is 0.572. The number of furan rings is 1. The molecule has 0 bridgehead atoms. The van der Waals surface area contributed by atoms with E-state index in [1.807, 2.05) is 6.20 Å². The fraction of sp³-hybridized carbons (Fsp3) is 0.364. The van der Waals surface area contributed by atoms with Crippen LogP contribution in [0.5, 0.6) is 0 Å². The van der Waals surface area contributed by atoms with E-state index in [0.717, 1.165) is 35.7 Å². The van der Waals surface area contributed by atoms with E-state index in [4.69, 9.17) is 4.42 Å². The van der Waals surface area contributed by atoms with Crippen LogP contribution in [0.2, 0.25) is 0 Å². The number of piperidine rings is 1. The number of carbonyl (C=O) groups excluding carboxylic acids is 2. The smallest absolute Gasteiger partial charge is 0.257 e. The maximum Gasteiger partial charge on any atom is 0.257 e. The van der Waals surface area contributed by atoms with E-state index in [1.165, 1.54) is 12.3 Å². The Balaban J connectivity index is 1.33. The maximum atomic E-state index is 13.7. The number of hydrogen-bond acceptors (Lipinski definition) is 3. The predicted octanol–water partition coefficient (Wildman–Crippen LogP) is 4.44. The van der Waals surface area contributed by atoms with Gasteiger partial charge in [0.2, 0.25) is 0 Å². The highest BCUT2D eigenvalue weighted by Gasteiger charge is 2.32. The molecule has 5 nitrogen and oxygen atoms in total. The minimum absolute atomic E-state index is 0.00838. The van der Waals surface area contributed by atoms with Crippen molar-refractivity contribution < 1.29 is 18.4 Å². The first-order chi connectivity index (χ1) is 13.6. The van der Waals surface area contributed by atoms with Gasteiger partial charge in [0.05, 0.1) is 11.1 Å². The third-order valence-corrected chi connectivity index (χ3v) is 6.08. The van der Waals surface area contributed by atoms with Crippen molar-refractivity contribution in [3.05, 3.63) is 58.9 Å². The lowest BCUT2D eigenvalue weighted by atomic mass is 9.88. The topological polar surface area (TPSA) is 66.3 Å². The molecule has 1 N–H and O–H groups in total. The molecule has 1 fully saturated rings. The SMILES string of the molecule is O=C1CCCc2occ(C(=O)N3CCC(c4c[nH]c5ccc(F)cc45)CC3)c21. The molecular formula is C22H21FN2O3. The maximum absolute atomic E-state index is 13.7. The first kappa shape index (κ1) is 17.2. The van der Waals surface area contributed by atoms with Gasteiger partial charge in [-0.3, -0.25) is 9.59 Å². The Kier molecular flexibility index (Phi) is 4.07. The van der Waals surface area contributed by atoms with E-state index in [-0.39, 0.29) is 23.4 Å². The average molecular weight is 380 g/mol. The van der Waals surface area contributed by atoms with Gasteiger partial charge >= 0.3 is 0 Å². The number of halogens is 1. The van der Waals surface area contributed by atoms with Crippen LogP contribution < -0.4 is 0 Å². The molecule has 2 aromatic heterocycles. The zero-order valence-corrected chi connectivity index (χ0v) is 15.5. The highest BCUT2D eigenvalue weighted by molar-refractivity contribution is 6.09. The summed E-state index contributed by atoms with van der Waals surface area (Å²) in [6, 6.07) is 4.78. The van der Waals surface area contributed by atoms with Gasteiger partial charge in [-0.25, -0.2) is 4.39 Å². The van der Waals surface area contributed by atoms with Crippen LogP contribution in [0.3, 0.4) is 0 Å².